The molecule has 16 heavy (non-hydrogen) atoms. The fourth-order valence-corrected chi connectivity index (χ4v) is 2.11. The normalized spacial score (nSPS) is 12.4. The molecule has 4 nitrogen and oxygen atoms in total. The molecule has 0 aliphatic heterocycles. The SMILES string of the molecule is CC(CCN)SCc1ccc(C(=O)O)cn1. The number of aromatic carboxylic acids is 1. The quantitative estimate of drug-likeness (QED) is 0.792. The van der Waals surface area contributed by atoms with Crippen LogP contribution >= 0.6 is 11.8 Å². The highest BCUT2D eigenvalue weighted by atomic mass is 32.2. The van der Waals surface area contributed by atoms with E-state index in [0.29, 0.717) is 11.8 Å². The summed E-state index contributed by atoms with van der Waals surface area (Å²) in [6, 6.07) is 3.34. The van der Waals surface area contributed by atoms with Gasteiger partial charge in [0.15, 0.2) is 0 Å². The topological polar surface area (TPSA) is 76.2 Å². The maximum atomic E-state index is 10.6. The van der Waals surface area contributed by atoms with Gasteiger partial charge >= 0.3 is 5.97 Å². The summed E-state index contributed by atoms with van der Waals surface area (Å²) in [4.78, 5) is 14.7. The average molecular weight is 240 g/mol. The lowest BCUT2D eigenvalue weighted by atomic mass is 10.2. The summed E-state index contributed by atoms with van der Waals surface area (Å²) >= 11 is 1.78. The van der Waals surface area contributed by atoms with Crippen LogP contribution in [0.25, 0.3) is 0 Å². The Balaban J connectivity index is 2.46. The van der Waals surface area contributed by atoms with Crippen molar-refractivity contribution in [3.05, 3.63) is 29.6 Å². The molecule has 88 valence electrons. The molecule has 1 atom stereocenters. The third-order valence-electron chi connectivity index (χ3n) is 2.16. The molecule has 0 aliphatic rings. The van der Waals surface area contributed by atoms with Gasteiger partial charge in [-0.2, -0.15) is 11.8 Å². The van der Waals surface area contributed by atoms with Crippen LogP contribution in [0.1, 0.15) is 29.4 Å². The van der Waals surface area contributed by atoms with Crippen molar-refractivity contribution in [3.63, 3.8) is 0 Å². The summed E-state index contributed by atoms with van der Waals surface area (Å²) in [6.45, 7) is 2.82. The van der Waals surface area contributed by atoms with Gasteiger partial charge < -0.3 is 10.8 Å². The van der Waals surface area contributed by atoms with E-state index in [1.165, 1.54) is 6.20 Å². The molecule has 0 saturated heterocycles. The van der Waals surface area contributed by atoms with Crippen LogP contribution < -0.4 is 5.73 Å². The van der Waals surface area contributed by atoms with E-state index in [-0.39, 0.29) is 5.56 Å². The van der Waals surface area contributed by atoms with E-state index in [2.05, 4.69) is 11.9 Å². The lowest BCUT2D eigenvalue weighted by Crippen LogP contribution is -2.07. The van der Waals surface area contributed by atoms with Gasteiger partial charge in [0, 0.05) is 17.2 Å². The number of thioether (sulfide) groups is 1. The van der Waals surface area contributed by atoms with Crippen molar-refractivity contribution in [1.29, 1.82) is 0 Å². The molecule has 1 aromatic heterocycles. The number of nitrogens with zero attached hydrogens (tertiary/aromatic N) is 1. The van der Waals surface area contributed by atoms with E-state index in [4.69, 9.17) is 10.8 Å². The van der Waals surface area contributed by atoms with Gasteiger partial charge in [0.25, 0.3) is 0 Å². The molecule has 1 unspecified atom stereocenters. The molecule has 1 rings (SSSR count). The van der Waals surface area contributed by atoms with E-state index < -0.39 is 5.97 Å². The molecule has 0 spiro atoms. The molecule has 0 amide bonds. The first kappa shape index (κ1) is 13.0. The summed E-state index contributed by atoms with van der Waals surface area (Å²) in [6.07, 6.45) is 2.38. The maximum absolute atomic E-state index is 10.6. The lowest BCUT2D eigenvalue weighted by molar-refractivity contribution is 0.0696. The number of nitrogens with two attached hydrogens (primary N) is 1. The zero-order valence-electron chi connectivity index (χ0n) is 9.22. The maximum Gasteiger partial charge on any atom is 0.337 e. The van der Waals surface area contributed by atoms with Crippen LogP contribution in [0.15, 0.2) is 18.3 Å². The van der Waals surface area contributed by atoms with E-state index in [1.54, 1.807) is 23.9 Å². The lowest BCUT2D eigenvalue weighted by Gasteiger charge is -2.08. The monoisotopic (exact) mass is 240 g/mol. The van der Waals surface area contributed by atoms with Gasteiger partial charge in [-0.25, -0.2) is 4.79 Å². The Morgan fingerprint density at radius 3 is 2.88 bits per heavy atom. The molecular weight excluding hydrogens is 224 g/mol. The van der Waals surface area contributed by atoms with Crippen LogP contribution in [0.2, 0.25) is 0 Å². The molecule has 0 aromatic carbocycles. The number of carboxylic acids is 1. The first-order chi connectivity index (χ1) is 7.63. The zero-order valence-corrected chi connectivity index (χ0v) is 10.0. The molecular formula is C11H16N2O2S. The number of hydrogen-bond acceptors (Lipinski definition) is 4. The van der Waals surface area contributed by atoms with Gasteiger partial charge in [-0.05, 0) is 25.1 Å². The second kappa shape index (κ2) is 6.50. The highest BCUT2D eigenvalue weighted by molar-refractivity contribution is 7.99. The van der Waals surface area contributed by atoms with Crippen LogP contribution in [-0.2, 0) is 5.75 Å². The molecule has 5 heteroatoms. The number of hydrogen-bond donors (Lipinski definition) is 2. The Hall–Kier alpha value is -1.07. The molecule has 0 fully saturated rings. The molecule has 1 heterocycles. The fraction of sp³-hybridized carbons (Fsp3) is 0.455. The smallest absolute Gasteiger partial charge is 0.337 e. The Morgan fingerprint density at radius 2 is 2.38 bits per heavy atom. The number of aromatic nitrogens is 1. The molecule has 0 bridgehead atoms. The van der Waals surface area contributed by atoms with Crippen molar-refractivity contribution in [1.82, 2.24) is 4.98 Å². The minimum Gasteiger partial charge on any atom is -0.478 e. The van der Waals surface area contributed by atoms with Crippen molar-refractivity contribution in [2.75, 3.05) is 6.54 Å². The van der Waals surface area contributed by atoms with Crippen molar-refractivity contribution < 1.29 is 9.90 Å². The van der Waals surface area contributed by atoms with Crippen LogP contribution in [0, 0.1) is 0 Å². The van der Waals surface area contributed by atoms with Gasteiger partial charge in [-0.1, -0.05) is 6.92 Å². The van der Waals surface area contributed by atoms with Crippen molar-refractivity contribution in [2.45, 2.75) is 24.3 Å². The van der Waals surface area contributed by atoms with Gasteiger partial charge in [-0.3, -0.25) is 4.98 Å². The first-order valence-electron chi connectivity index (χ1n) is 5.13. The van der Waals surface area contributed by atoms with Gasteiger partial charge in [0.2, 0.25) is 0 Å². The highest BCUT2D eigenvalue weighted by Gasteiger charge is 2.05. The van der Waals surface area contributed by atoms with E-state index in [9.17, 15) is 4.79 Å². The Labute approximate surface area is 99.3 Å². The Morgan fingerprint density at radius 1 is 1.62 bits per heavy atom. The van der Waals surface area contributed by atoms with E-state index >= 15 is 0 Å². The van der Waals surface area contributed by atoms with E-state index in [1.807, 2.05) is 0 Å². The summed E-state index contributed by atoms with van der Waals surface area (Å²) < 4.78 is 0. The van der Waals surface area contributed by atoms with Crippen LogP contribution in [0.3, 0.4) is 0 Å². The van der Waals surface area contributed by atoms with Crippen molar-refractivity contribution >= 4 is 17.7 Å². The molecule has 0 aliphatic carbocycles. The minimum atomic E-state index is -0.941. The van der Waals surface area contributed by atoms with Crippen LogP contribution in [0.5, 0.6) is 0 Å². The van der Waals surface area contributed by atoms with Crippen molar-refractivity contribution in [2.24, 2.45) is 5.73 Å². The molecule has 3 N–H and O–H groups in total. The van der Waals surface area contributed by atoms with Crippen LogP contribution in [-0.4, -0.2) is 27.9 Å². The van der Waals surface area contributed by atoms with Gasteiger partial charge in [0.1, 0.15) is 0 Å². The average Bonchev–Trinajstić information content (AvgIpc) is 2.27. The Bertz CT molecular complexity index is 340. The third-order valence-corrected chi connectivity index (χ3v) is 3.43. The Kier molecular flexibility index (Phi) is 5.28. The van der Waals surface area contributed by atoms with E-state index in [0.717, 1.165) is 17.9 Å². The number of carboxylic acid groups (broad SMARTS) is 1. The predicted octanol–water partition coefficient (Wildman–Crippen LogP) is 1.75. The van der Waals surface area contributed by atoms with Gasteiger partial charge in [0.05, 0.1) is 11.3 Å². The molecule has 0 radical (unpaired) electrons. The summed E-state index contributed by atoms with van der Waals surface area (Å²) in [7, 11) is 0. The summed E-state index contributed by atoms with van der Waals surface area (Å²) in [5, 5.41) is 9.21. The largest absolute Gasteiger partial charge is 0.478 e. The van der Waals surface area contributed by atoms with Crippen LogP contribution in [0.4, 0.5) is 0 Å². The number of carbonyl (C=O) groups is 1. The first-order valence-corrected chi connectivity index (χ1v) is 6.18. The third kappa shape index (κ3) is 4.20. The number of pyridine rings is 1. The predicted molar refractivity (Wildman–Crippen MR) is 65.6 cm³/mol. The van der Waals surface area contributed by atoms with Gasteiger partial charge in [-0.15, -0.1) is 0 Å². The second-order valence-electron chi connectivity index (χ2n) is 3.54. The minimum absolute atomic E-state index is 0.226. The summed E-state index contributed by atoms with van der Waals surface area (Å²) in [5.74, 6) is -0.149. The molecule has 1 aromatic rings. The standard InChI is InChI=1S/C11H16N2O2S/c1-8(4-5-12)16-7-10-3-2-9(6-13-10)11(14)15/h2-3,6,8H,4-5,7,12H2,1H3,(H,14,15). The highest BCUT2D eigenvalue weighted by Crippen LogP contribution is 2.18. The summed E-state index contributed by atoms with van der Waals surface area (Å²) in [5.41, 5.74) is 6.58. The second-order valence-corrected chi connectivity index (χ2v) is 4.97. The van der Waals surface area contributed by atoms with Crippen molar-refractivity contribution in [3.8, 4) is 0 Å². The molecule has 0 saturated carbocycles. The number of rotatable bonds is 6. The fourth-order valence-electron chi connectivity index (χ4n) is 1.18. The zero-order chi connectivity index (χ0) is 12.0.